The van der Waals surface area contributed by atoms with E-state index < -0.39 is 6.04 Å². The first-order valence-electron chi connectivity index (χ1n) is 3.32. The molecule has 0 spiro atoms. The molecule has 1 atom stereocenters. The molecule has 1 aromatic rings. The van der Waals surface area contributed by atoms with Crippen molar-refractivity contribution in [3.05, 3.63) is 18.2 Å². The number of nitrogens with two attached hydrogens (primary N) is 1. The van der Waals surface area contributed by atoms with Gasteiger partial charge in [-0.3, -0.25) is 4.79 Å². The Labute approximate surface area is 65.0 Å². The lowest BCUT2D eigenvalue weighted by Crippen LogP contribution is -2.25. The Bertz CT molecular complexity index is 244. The molecule has 1 aromatic heterocycles. The van der Waals surface area contributed by atoms with Crippen LogP contribution in [0.15, 0.2) is 12.5 Å². The van der Waals surface area contributed by atoms with Crippen LogP contribution >= 0.6 is 0 Å². The Kier molecular flexibility index (Phi) is 2.38. The summed E-state index contributed by atoms with van der Waals surface area (Å²) in [6.07, 6.45) is 5.58. The van der Waals surface area contributed by atoms with Gasteiger partial charge in [-0.25, -0.2) is 4.98 Å². The summed E-state index contributed by atoms with van der Waals surface area (Å²) in [6, 6.07) is -0.537. The summed E-state index contributed by atoms with van der Waals surface area (Å²) in [5.41, 5.74) is 6.31. The van der Waals surface area contributed by atoms with Gasteiger partial charge in [-0.1, -0.05) is 0 Å². The molecule has 11 heavy (non-hydrogen) atoms. The van der Waals surface area contributed by atoms with Gasteiger partial charge in [-0.05, 0) is 0 Å². The van der Waals surface area contributed by atoms with Crippen molar-refractivity contribution in [2.24, 2.45) is 12.8 Å². The maximum Gasteiger partial charge on any atom is 0.217 e. The quantitative estimate of drug-likeness (QED) is 0.629. The highest BCUT2D eigenvalue weighted by atomic mass is 16.1. The van der Waals surface area contributed by atoms with Crippen molar-refractivity contribution in [3.63, 3.8) is 0 Å². The first-order valence-corrected chi connectivity index (χ1v) is 3.32. The molecule has 59 valence electrons. The number of rotatable bonds is 3. The van der Waals surface area contributed by atoms with E-state index in [2.05, 4.69) is 4.98 Å². The van der Waals surface area contributed by atoms with Crippen LogP contribution in [-0.4, -0.2) is 21.9 Å². The van der Waals surface area contributed by atoms with E-state index in [4.69, 9.17) is 5.73 Å². The van der Waals surface area contributed by atoms with Crippen molar-refractivity contribution in [3.8, 4) is 0 Å². The zero-order valence-corrected chi connectivity index (χ0v) is 6.32. The lowest BCUT2D eigenvalue weighted by molar-refractivity contribution is 0.539. The predicted octanol–water partition coefficient (Wildman–Crippen LogP) is -0.600. The van der Waals surface area contributed by atoms with Gasteiger partial charge in [-0.15, -0.1) is 0 Å². The molecule has 0 saturated carbocycles. The van der Waals surface area contributed by atoms with Gasteiger partial charge in [0.1, 0.15) is 0 Å². The molecule has 0 aliphatic heterocycles. The second-order valence-corrected chi connectivity index (χ2v) is 2.42. The first-order chi connectivity index (χ1) is 5.24. The maximum atomic E-state index is 10.1. The minimum absolute atomic E-state index is 0.500. The van der Waals surface area contributed by atoms with Gasteiger partial charge in [0.2, 0.25) is 6.29 Å². The smallest absolute Gasteiger partial charge is 0.217 e. The maximum absolute atomic E-state index is 10.1. The summed E-state index contributed by atoms with van der Waals surface area (Å²) in [4.78, 5) is 13.9. The molecule has 4 nitrogen and oxygen atoms in total. The third-order valence-corrected chi connectivity index (χ3v) is 1.50. The molecule has 1 radical (unpaired) electrons. The number of hydrogen-bond acceptors (Lipinski definition) is 3. The standard InChI is InChI=1S/C7H10N3O/c1-10-5-9-3-7(10)2-6(8)4-11/h3,5-6H,2,8H2,1H3. The molecule has 1 heterocycles. The molecular weight excluding hydrogens is 142 g/mol. The minimum atomic E-state index is -0.537. The van der Waals surface area contributed by atoms with Gasteiger partial charge < -0.3 is 10.3 Å². The second-order valence-electron chi connectivity index (χ2n) is 2.42. The van der Waals surface area contributed by atoms with Crippen LogP contribution < -0.4 is 5.73 Å². The van der Waals surface area contributed by atoms with Crippen LogP contribution in [0.25, 0.3) is 0 Å². The number of aromatic nitrogens is 2. The third kappa shape index (κ3) is 1.88. The average Bonchev–Trinajstić information content (AvgIpc) is 2.37. The van der Waals surface area contributed by atoms with Crippen LogP contribution in [0, 0.1) is 0 Å². The van der Waals surface area contributed by atoms with Crippen molar-refractivity contribution >= 4 is 6.29 Å². The van der Waals surface area contributed by atoms with Crippen molar-refractivity contribution < 1.29 is 4.79 Å². The summed E-state index contributed by atoms with van der Waals surface area (Å²) in [5.74, 6) is 0. The Morgan fingerprint density at radius 2 is 2.64 bits per heavy atom. The van der Waals surface area contributed by atoms with Gasteiger partial charge >= 0.3 is 0 Å². The van der Waals surface area contributed by atoms with Gasteiger partial charge in [0, 0.05) is 25.4 Å². The normalized spacial score (nSPS) is 12.9. The van der Waals surface area contributed by atoms with Gasteiger partial charge in [-0.2, -0.15) is 0 Å². The van der Waals surface area contributed by atoms with E-state index in [1.54, 1.807) is 18.8 Å². The molecule has 0 aliphatic rings. The monoisotopic (exact) mass is 152 g/mol. The van der Waals surface area contributed by atoms with E-state index in [1.165, 1.54) is 0 Å². The van der Waals surface area contributed by atoms with Gasteiger partial charge in [0.25, 0.3) is 0 Å². The molecule has 0 fully saturated rings. The number of hydrogen-bond donors (Lipinski definition) is 1. The fourth-order valence-corrected chi connectivity index (χ4v) is 0.848. The van der Waals surface area contributed by atoms with Crippen molar-refractivity contribution in [1.82, 2.24) is 9.55 Å². The van der Waals surface area contributed by atoms with Crippen LogP contribution in [0.2, 0.25) is 0 Å². The molecule has 0 bridgehead atoms. The Balaban J connectivity index is 2.63. The summed E-state index contributed by atoms with van der Waals surface area (Å²) in [7, 11) is 1.86. The van der Waals surface area contributed by atoms with E-state index in [9.17, 15) is 4.79 Å². The minimum Gasteiger partial charge on any atom is -0.338 e. The Morgan fingerprint density at radius 3 is 3.09 bits per heavy atom. The van der Waals surface area contributed by atoms with Crippen molar-refractivity contribution in [2.45, 2.75) is 12.5 Å². The largest absolute Gasteiger partial charge is 0.338 e. The van der Waals surface area contributed by atoms with Crippen LogP contribution in [0.5, 0.6) is 0 Å². The second kappa shape index (κ2) is 3.30. The topological polar surface area (TPSA) is 60.9 Å². The van der Waals surface area contributed by atoms with Crippen LogP contribution in [0.3, 0.4) is 0 Å². The van der Waals surface area contributed by atoms with Crippen LogP contribution in [0.1, 0.15) is 5.69 Å². The third-order valence-electron chi connectivity index (χ3n) is 1.50. The summed E-state index contributed by atoms with van der Waals surface area (Å²) < 4.78 is 1.83. The lowest BCUT2D eigenvalue weighted by Gasteiger charge is -2.02. The van der Waals surface area contributed by atoms with Crippen LogP contribution in [0.4, 0.5) is 0 Å². The van der Waals surface area contributed by atoms with E-state index in [0.29, 0.717) is 6.42 Å². The number of aryl methyl sites for hydroxylation is 1. The molecule has 0 aromatic carbocycles. The molecule has 2 N–H and O–H groups in total. The summed E-state index contributed by atoms with van der Waals surface area (Å²) in [5, 5.41) is 0. The number of carbonyl (C=O) groups excluding carboxylic acids is 1. The van der Waals surface area contributed by atoms with E-state index in [0.717, 1.165) is 5.69 Å². The highest BCUT2D eigenvalue weighted by Gasteiger charge is 2.05. The summed E-state index contributed by atoms with van der Waals surface area (Å²) in [6.45, 7) is 0. The number of imidazole rings is 1. The molecule has 0 aliphatic carbocycles. The Morgan fingerprint density at radius 1 is 1.91 bits per heavy atom. The fraction of sp³-hybridized carbons (Fsp3) is 0.429. The average molecular weight is 152 g/mol. The molecule has 4 heteroatoms. The highest BCUT2D eigenvalue weighted by molar-refractivity contribution is 5.58. The highest BCUT2D eigenvalue weighted by Crippen LogP contribution is 1.98. The molecule has 1 unspecified atom stereocenters. The zero-order chi connectivity index (χ0) is 8.27. The molecule has 0 saturated heterocycles. The lowest BCUT2D eigenvalue weighted by atomic mass is 10.2. The zero-order valence-electron chi connectivity index (χ0n) is 6.32. The van der Waals surface area contributed by atoms with E-state index in [1.807, 2.05) is 11.6 Å². The van der Waals surface area contributed by atoms with Gasteiger partial charge in [0.15, 0.2) is 0 Å². The fourth-order valence-electron chi connectivity index (χ4n) is 0.848. The molecule has 0 amide bonds. The van der Waals surface area contributed by atoms with E-state index >= 15 is 0 Å². The van der Waals surface area contributed by atoms with Crippen molar-refractivity contribution in [1.29, 1.82) is 0 Å². The molecule has 1 rings (SSSR count). The first kappa shape index (κ1) is 7.94. The SMILES string of the molecule is Cn1cncc1CC(N)[C]=O. The Hall–Kier alpha value is -1.16. The van der Waals surface area contributed by atoms with Crippen LogP contribution in [-0.2, 0) is 18.3 Å². The predicted molar refractivity (Wildman–Crippen MR) is 40.6 cm³/mol. The van der Waals surface area contributed by atoms with Gasteiger partial charge in [0.05, 0.1) is 12.4 Å². The number of nitrogens with zero attached hydrogens (tertiary/aromatic N) is 2. The van der Waals surface area contributed by atoms with E-state index in [-0.39, 0.29) is 0 Å². The summed E-state index contributed by atoms with van der Waals surface area (Å²) >= 11 is 0. The van der Waals surface area contributed by atoms with Crippen molar-refractivity contribution in [2.75, 3.05) is 0 Å². The molecular formula is C7H10N3O.